The first-order chi connectivity index (χ1) is 15.6. The number of hydrogen-bond donors (Lipinski definition) is 0. The summed E-state index contributed by atoms with van der Waals surface area (Å²) in [6.45, 7) is 2.01. The number of rotatable bonds is 4. The molecule has 0 N–H and O–H groups in total. The summed E-state index contributed by atoms with van der Waals surface area (Å²) >= 11 is 0. The van der Waals surface area contributed by atoms with Crippen molar-refractivity contribution in [2.45, 2.75) is 49.1 Å². The van der Waals surface area contributed by atoms with E-state index in [9.17, 15) is 26.0 Å². The molecule has 2 aromatic rings. The normalized spacial score (nSPS) is 21.6. The van der Waals surface area contributed by atoms with E-state index in [2.05, 4.69) is 29.2 Å². The fourth-order valence-corrected chi connectivity index (χ4v) is 6.86. The summed E-state index contributed by atoms with van der Waals surface area (Å²) in [6.07, 6.45) is -0.336. The Morgan fingerprint density at radius 2 is 1.55 bits per heavy atom. The molecular weight excluding hydrogens is 456 g/mol. The van der Waals surface area contributed by atoms with Crippen molar-refractivity contribution in [3.05, 3.63) is 59.4 Å². The number of piperidine rings is 1. The molecule has 0 aromatic heterocycles. The van der Waals surface area contributed by atoms with Crippen molar-refractivity contribution in [2.75, 3.05) is 31.1 Å². The maximum atomic E-state index is 13.4. The van der Waals surface area contributed by atoms with E-state index in [0.29, 0.717) is 18.8 Å². The number of nitrogens with zero attached hydrogens (tertiary/aromatic N) is 2. The molecule has 5 rings (SSSR count). The molecule has 0 bridgehead atoms. The Balaban J connectivity index is 1.28. The second-order valence-corrected chi connectivity index (χ2v) is 11.5. The van der Waals surface area contributed by atoms with E-state index < -0.39 is 32.5 Å². The van der Waals surface area contributed by atoms with Crippen molar-refractivity contribution >= 4 is 15.7 Å². The lowest BCUT2D eigenvalue weighted by atomic mass is 9.78. The third-order valence-electron chi connectivity index (χ3n) is 7.39. The van der Waals surface area contributed by atoms with Crippen molar-refractivity contribution in [1.29, 1.82) is 0 Å². The number of anilines is 1. The van der Waals surface area contributed by atoms with Crippen LogP contribution in [0, 0.1) is 11.2 Å². The minimum absolute atomic E-state index is 0.0448. The molecule has 0 amide bonds. The van der Waals surface area contributed by atoms with Crippen LogP contribution in [-0.4, -0.2) is 38.9 Å². The van der Waals surface area contributed by atoms with Crippen LogP contribution in [0.1, 0.15) is 49.1 Å². The summed E-state index contributed by atoms with van der Waals surface area (Å²) in [5.41, 5.74) is 1.04. The van der Waals surface area contributed by atoms with Crippen molar-refractivity contribution in [3.63, 3.8) is 0 Å². The van der Waals surface area contributed by atoms with Gasteiger partial charge in [0.1, 0.15) is 5.82 Å². The number of benzene rings is 2. The maximum Gasteiger partial charge on any atom is 0.417 e. The first-order valence-corrected chi connectivity index (χ1v) is 12.7. The molecule has 9 heteroatoms. The van der Waals surface area contributed by atoms with Crippen molar-refractivity contribution in [2.24, 2.45) is 5.41 Å². The highest BCUT2D eigenvalue weighted by molar-refractivity contribution is 7.89. The zero-order chi connectivity index (χ0) is 23.4. The Labute approximate surface area is 191 Å². The molecule has 1 spiro atoms. The smallest absolute Gasteiger partial charge is 0.371 e. The molecule has 178 valence electrons. The summed E-state index contributed by atoms with van der Waals surface area (Å²) in [5, 5.41) is 0. The van der Waals surface area contributed by atoms with Crippen LogP contribution in [0.2, 0.25) is 0 Å². The Morgan fingerprint density at radius 1 is 0.909 bits per heavy atom. The average Bonchev–Trinajstić information content (AvgIpc) is 3.55. The maximum absolute atomic E-state index is 13.4. The van der Waals surface area contributed by atoms with E-state index in [1.165, 1.54) is 18.4 Å². The van der Waals surface area contributed by atoms with Gasteiger partial charge in [-0.1, -0.05) is 12.1 Å². The van der Waals surface area contributed by atoms with Gasteiger partial charge in [-0.25, -0.2) is 12.8 Å². The molecule has 2 aromatic carbocycles. The molecule has 2 saturated heterocycles. The minimum atomic E-state index is -4.96. The third-order valence-corrected chi connectivity index (χ3v) is 9.35. The van der Waals surface area contributed by atoms with Gasteiger partial charge in [-0.2, -0.15) is 17.5 Å². The lowest BCUT2D eigenvalue weighted by molar-refractivity contribution is -0.140. The first-order valence-electron chi connectivity index (χ1n) is 11.3. The highest BCUT2D eigenvalue weighted by Gasteiger charge is 2.45. The van der Waals surface area contributed by atoms with Gasteiger partial charge in [0, 0.05) is 31.9 Å². The predicted molar refractivity (Wildman–Crippen MR) is 117 cm³/mol. The van der Waals surface area contributed by atoms with Crippen LogP contribution in [0.3, 0.4) is 0 Å². The van der Waals surface area contributed by atoms with Crippen LogP contribution in [0.4, 0.5) is 23.2 Å². The van der Waals surface area contributed by atoms with E-state index in [4.69, 9.17) is 0 Å². The van der Waals surface area contributed by atoms with Crippen molar-refractivity contribution in [3.8, 4) is 0 Å². The van der Waals surface area contributed by atoms with Crippen LogP contribution in [0.15, 0.2) is 47.4 Å². The van der Waals surface area contributed by atoms with E-state index in [1.54, 1.807) is 0 Å². The van der Waals surface area contributed by atoms with Crippen LogP contribution in [0.5, 0.6) is 0 Å². The molecular formula is C24H26F4N2O2S. The molecule has 3 fully saturated rings. The fourth-order valence-electron chi connectivity index (χ4n) is 5.23. The monoisotopic (exact) mass is 482 g/mol. The topological polar surface area (TPSA) is 40.6 Å². The highest BCUT2D eigenvalue weighted by atomic mass is 32.2. The van der Waals surface area contributed by atoms with E-state index in [1.807, 2.05) is 0 Å². The highest BCUT2D eigenvalue weighted by Crippen LogP contribution is 2.45. The Morgan fingerprint density at radius 3 is 2.15 bits per heavy atom. The van der Waals surface area contributed by atoms with Gasteiger partial charge in [0.05, 0.1) is 10.5 Å². The Hall–Kier alpha value is -2.13. The molecule has 1 aliphatic carbocycles. The van der Waals surface area contributed by atoms with Crippen LogP contribution < -0.4 is 4.90 Å². The molecule has 3 aliphatic rings. The van der Waals surface area contributed by atoms with Crippen LogP contribution >= 0.6 is 0 Å². The summed E-state index contributed by atoms with van der Waals surface area (Å²) in [4.78, 5) is 1.44. The molecule has 0 radical (unpaired) electrons. The van der Waals surface area contributed by atoms with Crippen molar-refractivity contribution in [1.82, 2.24) is 4.31 Å². The second-order valence-electron chi connectivity index (χ2n) is 9.58. The standard InChI is InChI=1S/C24H26F4N2O2S/c25-19-5-8-22(21(15-19)24(26,27)28)33(31,32)30-13-10-23(11-14-30)9-12-29(16-23)20-6-3-18(4-7-20)17-1-2-17/h3-8,15,17H,1-2,9-14,16H2. The SMILES string of the molecule is O=S(=O)(c1ccc(F)cc1C(F)(F)F)N1CCC2(CCN(c3ccc(C4CC4)cc3)C2)CC1. The van der Waals surface area contributed by atoms with E-state index in [-0.39, 0.29) is 24.6 Å². The van der Waals surface area contributed by atoms with E-state index >= 15 is 0 Å². The average molecular weight is 483 g/mol. The largest absolute Gasteiger partial charge is 0.417 e. The zero-order valence-corrected chi connectivity index (χ0v) is 18.9. The predicted octanol–water partition coefficient (Wildman–Crippen LogP) is 5.40. The Bertz CT molecular complexity index is 1140. The molecule has 2 aliphatic heterocycles. The van der Waals surface area contributed by atoms with E-state index in [0.717, 1.165) is 41.6 Å². The van der Waals surface area contributed by atoms with Gasteiger partial charge in [0.2, 0.25) is 10.0 Å². The van der Waals surface area contributed by atoms with Gasteiger partial charge < -0.3 is 4.90 Å². The molecule has 0 atom stereocenters. The summed E-state index contributed by atoms with van der Waals surface area (Å²) in [5.74, 6) is -0.413. The third kappa shape index (κ3) is 4.37. The van der Waals surface area contributed by atoms with Crippen LogP contribution in [-0.2, 0) is 16.2 Å². The first kappa shape index (κ1) is 22.7. The summed E-state index contributed by atoms with van der Waals surface area (Å²) in [6, 6.07) is 10.4. The van der Waals surface area contributed by atoms with Gasteiger partial charge in [0.15, 0.2) is 0 Å². The summed E-state index contributed by atoms with van der Waals surface area (Å²) < 4.78 is 80.8. The zero-order valence-electron chi connectivity index (χ0n) is 18.1. The number of sulfonamides is 1. The number of alkyl halides is 3. The Kier molecular flexibility index (Phi) is 5.47. The molecule has 0 unspecified atom stereocenters. The molecule has 4 nitrogen and oxygen atoms in total. The molecule has 2 heterocycles. The quantitative estimate of drug-likeness (QED) is 0.548. The van der Waals surface area contributed by atoms with Gasteiger partial charge in [-0.15, -0.1) is 0 Å². The lowest BCUT2D eigenvalue weighted by Gasteiger charge is -2.39. The van der Waals surface area contributed by atoms with Crippen LogP contribution in [0.25, 0.3) is 0 Å². The fraction of sp³-hybridized carbons (Fsp3) is 0.500. The van der Waals surface area contributed by atoms with Gasteiger partial charge >= 0.3 is 6.18 Å². The number of hydrogen-bond acceptors (Lipinski definition) is 3. The second kappa shape index (κ2) is 7.98. The lowest BCUT2D eigenvalue weighted by Crippen LogP contribution is -2.44. The number of halogens is 4. The van der Waals surface area contributed by atoms with Gasteiger partial charge in [0.25, 0.3) is 0 Å². The minimum Gasteiger partial charge on any atom is -0.371 e. The van der Waals surface area contributed by atoms with Gasteiger partial charge in [-0.3, -0.25) is 0 Å². The van der Waals surface area contributed by atoms with Crippen molar-refractivity contribution < 1.29 is 26.0 Å². The molecule has 1 saturated carbocycles. The van der Waals surface area contributed by atoms with Gasteiger partial charge in [-0.05, 0) is 79.3 Å². The molecule has 33 heavy (non-hydrogen) atoms. The summed E-state index contributed by atoms with van der Waals surface area (Å²) in [7, 11) is -4.38.